The molecule has 1 fully saturated rings. The molecule has 0 aliphatic carbocycles. The van der Waals surface area contributed by atoms with E-state index in [0.717, 1.165) is 19.3 Å². The van der Waals surface area contributed by atoms with Crippen molar-refractivity contribution in [3.8, 4) is 5.75 Å². The van der Waals surface area contributed by atoms with Crippen LogP contribution in [0.15, 0.2) is 47.4 Å². The summed E-state index contributed by atoms with van der Waals surface area (Å²) in [5, 5.41) is 2.57. The summed E-state index contributed by atoms with van der Waals surface area (Å²) in [6.07, 6.45) is 2.63. The normalized spacial score (nSPS) is 15.2. The van der Waals surface area contributed by atoms with Crippen LogP contribution >= 0.6 is 0 Å². The van der Waals surface area contributed by atoms with Crippen molar-refractivity contribution in [2.45, 2.75) is 31.1 Å². The number of nitrogens with zero attached hydrogens (tertiary/aromatic N) is 1. The van der Waals surface area contributed by atoms with Gasteiger partial charge in [-0.15, -0.1) is 0 Å². The molecule has 1 aliphatic rings. The molecule has 0 saturated carbocycles. The number of halogens is 1. The van der Waals surface area contributed by atoms with Gasteiger partial charge in [0, 0.05) is 18.8 Å². The minimum atomic E-state index is -3.76. The van der Waals surface area contributed by atoms with Crippen LogP contribution in [0.25, 0.3) is 0 Å². The Labute approximate surface area is 164 Å². The number of carbonyl (C=O) groups excluding carboxylic acids is 1. The van der Waals surface area contributed by atoms with Gasteiger partial charge in [0.2, 0.25) is 10.0 Å². The predicted molar refractivity (Wildman–Crippen MR) is 105 cm³/mol. The summed E-state index contributed by atoms with van der Waals surface area (Å²) in [5.74, 6) is -1.06. The highest BCUT2D eigenvalue weighted by atomic mass is 32.2. The van der Waals surface area contributed by atoms with Gasteiger partial charge in [-0.3, -0.25) is 4.79 Å². The number of benzene rings is 2. The maximum atomic E-state index is 13.8. The first-order chi connectivity index (χ1) is 13.4. The lowest BCUT2D eigenvalue weighted by atomic mass is 10.2. The van der Waals surface area contributed by atoms with E-state index >= 15 is 0 Å². The number of amides is 1. The molecule has 1 heterocycles. The van der Waals surface area contributed by atoms with Crippen molar-refractivity contribution < 1.29 is 22.3 Å². The van der Waals surface area contributed by atoms with Crippen LogP contribution in [0.2, 0.25) is 0 Å². The topological polar surface area (TPSA) is 75.7 Å². The molecule has 0 atom stereocenters. The van der Waals surface area contributed by atoms with Crippen LogP contribution in [0.3, 0.4) is 0 Å². The second-order valence-electron chi connectivity index (χ2n) is 6.49. The third-order valence-corrected chi connectivity index (χ3v) is 6.47. The van der Waals surface area contributed by atoms with E-state index in [4.69, 9.17) is 4.74 Å². The van der Waals surface area contributed by atoms with Gasteiger partial charge in [-0.25, -0.2) is 12.8 Å². The molecule has 6 nitrogen and oxygen atoms in total. The largest absolute Gasteiger partial charge is 0.492 e. The lowest BCUT2D eigenvalue weighted by molar-refractivity contribution is 0.102. The summed E-state index contributed by atoms with van der Waals surface area (Å²) in [5.41, 5.74) is 0.143. The van der Waals surface area contributed by atoms with Crippen LogP contribution in [0.4, 0.5) is 10.1 Å². The van der Waals surface area contributed by atoms with Gasteiger partial charge in [-0.1, -0.05) is 18.6 Å². The van der Waals surface area contributed by atoms with Gasteiger partial charge in [0.15, 0.2) is 0 Å². The number of ether oxygens (including phenoxy) is 1. The van der Waals surface area contributed by atoms with Crippen molar-refractivity contribution >= 4 is 21.6 Å². The first-order valence-electron chi connectivity index (χ1n) is 9.26. The SMILES string of the molecule is CCOc1ccc(NC(=O)c2ccccc2F)cc1S(=O)(=O)N1CCCCC1. The zero-order valence-electron chi connectivity index (χ0n) is 15.7. The predicted octanol–water partition coefficient (Wildman–Crippen LogP) is 3.65. The molecule has 2 aromatic carbocycles. The summed E-state index contributed by atoms with van der Waals surface area (Å²) in [4.78, 5) is 12.4. The lowest BCUT2D eigenvalue weighted by Crippen LogP contribution is -2.35. The number of hydrogen-bond donors (Lipinski definition) is 1. The molecule has 0 unspecified atom stereocenters. The van der Waals surface area contributed by atoms with Gasteiger partial charge in [0.1, 0.15) is 16.5 Å². The Hall–Kier alpha value is -2.45. The lowest BCUT2D eigenvalue weighted by Gasteiger charge is -2.27. The maximum Gasteiger partial charge on any atom is 0.258 e. The average molecular weight is 406 g/mol. The quantitative estimate of drug-likeness (QED) is 0.795. The highest BCUT2D eigenvalue weighted by Crippen LogP contribution is 2.31. The van der Waals surface area contributed by atoms with Crippen LogP contribution in [0.1, 0.15) is 36.5 Å². The molecule has 1 saturated heterocycles. The standard InChI is InChI=1S/C20H23FN2O4S/c1-2-27-18-11-10-15(22-20(24)16-8-4-5-9-17(16)21)14-19(18)28(25,26)23-12-6-3-7-13-23/h4-5,8-11,14H,2-3,6-7,12-13H2,1H3,(H,22,24). The summed E-state index contributed by atoms with van der Waals surface area (Å²) < 4.78 is 47.0. The van der Waals surface area contributed by atoms with E-state index in [9.17, 15) is 17.6 Å². The average Bonchev–Trinajstić information content (AvgIpc) is 2.70. The fourth-order valence-corrected chi connectivity index (χ4v) is 4.82. The molecule has 0 radical (unpaired) electrons. The molecule has 0 bridgehead atoms. The van der Waals surface area contributed by atoms with Gasteiger partial charge < -0.3 is 10.1 Å². The zero-order chi connectivity index (χ0) is 20.1. The molecular weight excluding hydrogens is 383 g/mol. The number of rotatable bonds is 6. The van der Waals surface area contributed by atoms with Gasteiger partial charge >= 0.3 is 0 Å². The third-order valence-electron chi connectivity index (χ3n) is 4.55. The molecule has 0 spiro atoms. The molecule has 28 heavy (non-hydrogen) atoms. The highest BCUT2D eigenvalue weighted by molar-refractivity contribution is 7.89. The van der Waals surface area contributed by atoms with Crippen molar-refractivity contribution in [1.29, 1.82) is 0 Å². The molecule has 8 heteroatoms. The second kappa shape index (κ2) is 8.70. The first-order valence-corrected chi connectivity index (χ1v) is 10.7. The fourth-order valence-electron chi connectivity index (χ4n) is 3.15. The van der Waals surface area contributed by atoms with E-state index in [-0.39, 0.29) is 21.9 Å². The van der Waals surface area contributed by atoms with Crippen molar-refractivity contribution in [2.75, 3.05) is 25.0 Å². The number of nitrogens with one attached hydrogen (secondary N) is 1. The number of hydrogen-bond acceptors (Lipinski definition) is 4. The summed E-state index contributed by atoms with van der Waals surface area (Å²) in [7, 11) is -3.76. The molecule has 150 valence electrons. The molecule has 1 N–H and O–H groups in total. The summed E-state index contributed by atoms with van der Waals surface area (Å²) in [6, 6.07) is 10.0. The highest BCUT2D eigenvalue weighted by Gasteiger charge is 2.29. The Kier molecular flexibility index (Phi) is 6.31. The third kappa shape index (κ3) is 4.34. The minimum absolute atomic E-state index is 0.00239. The Morgan fingerprint density at radius 1 is 1.14 bits per heavy atom. The van der Waals surface area contributed by atoms with E-state index in [0.29, 0.717) is 19.7 Å². The van der Waals surface area contributed by atoms with Crippen molar-refractivity contribution in [1.82, 2.24) is 4.31 Å². The summed E-state index contributed by atoms with van der Waals surface area (Å²) >= 11 is 0. The zero-order valence-corrected chi connectivity index (χ0v) is 16.5. The smallest absolute Gasteiger partial charge is 0.258 e. The van der Waals surface area contributed by atoms with Gasteiger partial charge in [0.05, 0.1) is 12.2 Å². The molecular formula is C20H23FN2O4S. The molecule has 3 rings (SSSR count). The van der Waals surface area contributed by atoms with Crippen LogP contribution in [-0.2, 0) is 10.0 Å². The minimum Gasteiger partial charge on any atom is -0.492 e. The van der Waals surface area contributed by atoms with Crippen LogP contribution in [-0.4, -0.2) is 38.3 Å². The molecule has 2 aromatic rings. The number of sulfonamides is 1. The second-order valence-corrected chi connectivity index (χ2v) is 8.40. The summed E-state index contributed by atoms with van der Waals surface area (Å²) in [6.45, 7) is 2.99. The van der Waals surface area contributed by atoms with E-state index in [1.165, 1.54) is 34.6 Å². The Morgan fingerprint density at radius 3 is 2.54 bits per heavy atom. The Morgan fingerprint density at radius 2 is 1.86 bits per heavy atom. The number of carbonyl (C=O) groups is 1. The van der Waals surface area contributed by atoms with E-state index in [2.05, 4.69) is 5.32 Å². The Balaban J connectivity index is 1.93. The molecule has 1 amide bonds. The van der Waals surface area contributed by atoms with Crippen molar-refractivity contribution in [2.24, 2.45) is 0 Å². The maximum absolute atomic E-state index is 13.8. The monoisotopic (exact) mass is 406 g/mol. The number of piperidine rings is 1. The molecule has 1 aliphatic heterocycles. The van der Waals surface area contributed by atoms with E-state index < -0.39 is 21.7 Å². The van der Waals surface area contributed by atoms with E-state index in [1.54, 1.807) is 19.1 Å². The fraction of sp³-hybridized carbons (Fsp3) is 0.350. The Bertz CT molecular complexity index is 956. The van der Waals surface area contributed by atoms with E-state index in [1.807, 2.05) is 0 Å². The van der Waals surface area contributed by atoms with Crippen molar-refractivity contribution in [3.63, 3.8) is 0 Å². The van der Waals surface area contributed by atoms with Gasteiger partial charge in [0.25, 0.3) is 5.91 Å². The number of anilines is 1. The van der Waals surface area contributed by atoms with Gasteiger partial charge in [-0.2, -0.15) is 4.31 Å². The van der Waals surface area contributed by atoms with Crippen LogP contribution < -0.4 is 10.1 Å². The van der Waals surface area contributed by atoms with Crippen molar-refractivity contribution in [3.05, 3.63) is 53.8 Å². The first kappa shape index (κ1) is 20.3. The van der Waals surface area contributed by atoms with Crippen LogP contribution in [0.5, 0.6) is 5.75 Å². The van der Waals surface area contributed by atoms with Crippen LogP contribution in [0, 0.1) is 5.82 Å². The molecule has 0 aromatic heterocycles. The van der Waals surface area contributed by atoms with Gasteiger partial charge in [-0.05, 0) is 50.1 Å².